The second kappa shape index (κ2) is 9.11. The molecule has 6 nitrogen and oxygen atoms in total. The van der Waals surface area contributed by atoms with E-state index in [1.807, 2.05) is 0 Å². The molecule has 0 fully saturated rings. The van der Waals surface area contributed by atoms with E-state index in [1.54, 1.807) is 26.0 Å². The molecule has 1 aromatic carbocycles. The molecule has 3 N–H and O–H groups in total. The highest BCUT2D eigenvalue weighted by atomic mass is 19.4. The molecule has 3 aromatic rings. The van der Waals surface area contributed by atoms with Crippen LogP contribution in [0.4, 0.5) is 22.0 Å². The van der Waals surface area contributed by atoms with E-state index in [-0.39, 0.29) is 23.6 Å². The van der Waals surface area contributed by atoms with Gasteiger partial charge in [-0.15, -0.1) is 0 Å². The standard InChI is InChI=1S/C21H21F5N4O2/c1-11-6-17-19(20(31)28-9-13(27)8-21(24,25)26)12(2)29-30(17)18(7-11)32-10-14-15(22)4-3-5-16(14)23/h3-7,13H,8-10,27H2,1-2H3,(H,28,31). The highest BCUT2D eigenvalue weighted by Crippen LogP contribution is 2.25. The Bertz CT molecular complexity index is 1120. The van der Waals surface area contributed by atoms with Gasteiger partial charge in [0.2, 0.25) is 5.88 Å². The van der Waals surface area contributed by atoms with Gasteiger partial charge in [0, 0.05) is 18.7 Å². The predicted octanol–water partition coefficient (Wildman–Crippen LogP) is 3.82. The van der Waals surface area contributed by atoms with Crippen molar-refractivity contribution in [3.05, 3.63) is 64.4 Å². The lowest BCUT2D eigenvalue weighted by Crippen LogP contribution is -2.40. The monoisotopic (exact) mass is 456 g/mol. The van der Waals surface area contributed by atoms with Crippen molar-refractivity contribution in [2.24, 2.45) is 5.73 Å². The number of nitrogens with two attached hydrogens (primary N) is 1. The Balaban J connectivity index is 1.85. The number of halogens is 5. The number of fused-ring (bicyclic) bond motifs is 1. The number of nitrogens with one attached hydrogen (secondary N) is 1. The number of benzene rings is 1. The van der Waals surface area contributed by atoms with Gasteiger partial charge in [0.25, 0.3) is 5.91 Å². The maximum atomic E-state index is 13.9. The molecule has 0 aliphatic heterocycles. The zero-order chi connectivity index (χ0) is 23.6. The summed E-state index contributed by atoms with van der Waals surface area (Å²) in [5, 5.41) is 6.65. The SMILES string of the molecule is Cc1cc(OCc2c(F)cccc2F)n2nc(C)c(C(=O)NCC(N)CC(F)(F)F)c2c1. The molecule has 0 aliphatic rings. The molecule has 1 amide bonds. The Morgan fingerprint density at radius 1 is 1.22 bits per heavy atom. The number of nitrogens with zero attached hydrogens (tertiary/aromatic N) is 2. The Hall–Kier alpha value is -3.21. The number of alkyl halides is 3. The van der Waals surface area contributed by atoms with E-state index in [2.05, 4.69) is 10.4 Å². The summed E-state index contributed by atoms with van der Waals surface area (Å²) in [5.74, 6) is -2.04. The van der Waals surface area contributed by atoms with Crippen LogP contribution in [0.5, 0.6) is 5.88 Å². The van der Waals surface area contributed by atoms with Crippen molar-refractivity contribution in [1.29, 1.82) is 0 Å². The molecule has 32 heavy (non-hydrogen) atoms. The minimum Gasteiger partial charge on any atom is -0.473 e. The summed E-state index contributed by atoms with van der Waals surface area (Å²) in [5.41, 5.74) is 6.60. The van der Waals surface area contributed by atoms with Crippen molar-refractivity contribution in [2.75, 3.05) is 6.54 Å². The van der Waals surface area contributed by atoms with Gasteiger partial charge in [0.15, 0.2) is 0 Å². The second-order valence-electron chi connectivity index (χ2n) is 7.41. The van der Waals surface area contributed by atoms with Crippen LogP contribution >= 0.6 is 0 Å². The van der Waals surface area contributed by atoms with Crippen LogP contribution in [0.15, 0.2) is 30.3 Å². The fourth-order valence-corrected chi connectivity index (χ4v) is 3.24. The van der Waals surface area contributed by atoms with Gasteiger partial charge < -0.3 is 15.8 Å². The first-order valence-electron chi connectivity index (χ1n) is 9.62. The van der Waals surface area contributed by atoms with Gasteiger partial charge in [-0.25, -0.2) is 8.78 Å². The quantitative estimate of drug-likeness (QED) is 0.530. The predicted molar refractivity (Wildman–Crippen MR) is 106 cm³/mol. The molecule has 1 atom stereocenters. The second-order valence-corrected chi connectivity index (χ2v) is 7.41. The molecule has 0 bridgehead atoms. The summed E-state index contributed by atoms with van der Waals surface area (Å²) in [6, 6.07) is 5.38. The highest BCUT2D eigenvalue weighted by molar-refractivity contribution is 6.02. The molecule has 0 saturated heterocycles. The maximum Gasteiger partial charge on any atom is 0.390 e. The first-order valence-corrected chi connectivity index (χ1v) is 9.62. The van der Waals surface area contributed by atoms with Crippen molar-refractivity contribution in [3.63, 3.8) is 0 Å². The first-order chi connectivity index (χ1) is 15.0. The van der Waals surface area contributed by atoms with Crippen molar-refractivity contribution in [2.45, 2.75) is 39.1 Å². The number of carbonyl (C=O) groups excluding carboxylic acids is 1. The van der Waals surface area contributed by atoms with Crippen molar-refractivity contribution in [3.8, 4) is 5.88 Å². The average molecular weight is 456 g/mol. The Labute approximate surface area is 180 Å². The molecule has 0 radical (unpaired) electrons. The van der Waals surface area contributed by atoms with Crippen LogP contribution in [0.1, 0.15) is 33.6 Å². The average Bonchev–Trinajstić information content (AvgIpc) is 3.00. The normalized spacial score (nSPS) is 12.8. The van der Waals surface area contributed by atoms with E-state index >= 15 is 0 Å². The van der Waals surface area contributed by atoms with Crippen LogP contribution in [0, 0.1) is 25.5 Å². The summed E-state index contributed by atoms with van der Waals surface area (Å²) < 4.78 is 72.0. The summed E-state index contributed by atoms with van der Waals surface area (Å²) in [7, 11) is 0. The molecule has 1 unspecified atom stereocenters. The third-order valence-corrected chi connectivity index (χ3v) is 4.69. The number of hydrogen-bond acceptors (Lipinski definition) is 4. The zero-order valence-corrected chi connectivity index (χ0v) is 17.3. The highest BCUT2D eigenvalue weighted by Gasteiger charge is 2.30. The largest absolute Gasteiger partial charge is 0.473 e. The molecule has 3 rings (SSSR count). The molecule has 2 aromatic heterocycles. The van der Waals surface area contributed by atoms with Gasteiger partial charge in [-0.05, 0) is 37.6 Å². The smallest absolute Gasteiger partial charge is 0.390 e. The molecule has 0 saturated carbocycles. The maximum absolute atomic E-state index is 13.9. The third kappa shape index (κ3) is 5.34. The van der Waals surface area contributed by atoms with Gasteiger partial charge in [0.05, 0.1) is 28.8 Å². The lowest BCUT2D eigenvalue weighted by molar-refractivity contribution is -0.137. The Morgan fingerprint density at radius 3 is 2.50 bits per heavy atom. The van der Waals surface area contributed by atoms with E-state index < -0.39 is 42.8 Å². The fourth-order valence-electron chi connectivity index (χ4n) is 3.24. The molecule has 172 valence electrons. The number of aryl methyl sites for hydroxylation is 2. The van der Waals surface area contributed by atoms with Crippen molar-refractivity contribution in [1.82, 2.24) is 14.9 Å². The van der Waals surface area contributed by atoms with Crippen molar-refractivity contribution < 1.29 is 31.5 Å². The van der Waals surface area contributed by atoms with Crippen LogP contribution < -0.4 is 15.8 Å². The molecule has 0 aliphatic carbocycles. The van der Waals surface area contributed by atoms with Crippen LogP contribution in [-0.4, -0.2) is 34.3 Å². The summed E-state index contributed by atoms with van der Waals surface area (Å²) in [4.78, 5) is 12.7. The summed E-state index contributed by atoms with van der Waals surface area (Å²) in [6.07, 6.45) is -5.67. The number of rotatable bonds is 7. The topological polar surface area (TPSA) is 81.7 Å². The number of pyridine rings is 1. The molecule has 11 heteroatoms. The number of amides is 1. The lowest BCUT2D eigenvalue weighted by atomic mass is 10.1. The summed E-state index contributed by atoms with van der Waals surface area (Å²) in [6.45, 7) is 2.48. The number of carbonyl (C=O) groups is 1. The number of hydrogen-bond donors (Lipinski definition) is 2. The minimum atomic E-state index is -4.44. The van der Waals surface area contributed by atoms with Gasteiger partial charge in [-0.3, -0.25) is 4.79 Å². The van der Waals surface area contributed by atoms with Gasteiger partial charge >= 0.3 is 6.18 Å². The third-order valence-electron chi connectivity index (χ3n) is 4.69. The first kappa shape index (κ1) is 23.5. The number of ether oxygens (including phenoxy) is 1. The summed E-state index contributed by atoms with van der Waals surface area (Å²) >= 11 is 0. The fraction of sp³-hybridized carbons (Fsp3) is 0.333. The zero-order valence-electron chi connectivity index (χ0n) is 17.3. The Kier molecular flexibility index (Phi) is 6.68. The minimum absolute atomic E-state index is 0.134. The van der Waals surface area contributed by atoms with Crippen LogP contribution in [0.25, 0.3) is 5.52 Å². The van der Waals surface area contributed by atoms with Crippen LogP contribution in [0.2, 0.25) is 0 Å². The van der Waals surface area contributed by atoms with E-state index in [1.165, 1.54) is 10.6 Å². The van der Waals surface area contributed by atoms with Crippen molar-refractivity contribution >= 4 is 11.4 Å². The molecule has 0 spiro atoms. The van der Waals surface area contributed by atoms with Gasteiger partial charge in [-0.2, -0.15) is 22.8 Å². The molecular formula is C21H21F5N4O2. The van der Waals surface area contributed by atoms with E-state index in [9.17, 15) is 26.7 Å². The molecule has 2 heterocycles. The van der Waals surface area contributed by atoms with Crippen LogP contribution in [0.3, 0.4) is 0 Å². The van der Waals surface area contributed by atoms with E-state index in [4.69, 9.17) is 10.5 Å². The Morgan fingerprint density at radius 2 is 1.88 bits per heavy atom. The van der Waals surface area contributed by atoms with E-state index in [0.717, 1.165) is 12.1 Å². The van der Waals surface area contributed by atoms with Crippen LogP contribution in [-0.2, 0) is 6.61 Å². The van der Waals surface area contributed by atoms with Gasteiger partial charge in [0.1, 0.15) is 18.2 Å². The molecular weight excluding hydrogens is 435 g/mol. The lowest BCUT2D eigenvalue weighted by Gasteiger charge is -2.15. The number of aromatic nitrogens is 2. The van der Waals surface area contributed by atoms with E-state index in [0.29, 0.717) is 16.8 Å². The van der Waals surface area contributed by atoms with Gasteiger partial charge in [-0.1, -0.05) is 6.07 Å².